The average molecular weight is 354 g/mol. The third-order valence-corrected chi connectivity index (χ3v) is 4.92. The van der Waals surface area contributed by atoms with Crippen LogP contribution in [0, 0.1) is 0 Å². The van der Waals surface area contributed by atoms with Crippen LogP contribution < -0.4 is 10.2 Å². The van der Waals surface area contributed by atoms with Gasteiger partial charge in [0.15, 0.2) is 0 Å². The number of anilines is 2. The number of rotatable bonds is 4. The molecule has 1 N–H and O–H groups in total. The van der Waals surface area contributed by atoms with Gasteiger partial charge in [-0.2, -0.15) is 4.98 Å². The maximum atomic E-state index is 4.73. The van der Waals surface area contributed by atoms with Crippen molar-refractivity contribution in [3.63, 3.8) is 0 Å². The molecule has 1 aromatic rings. The summed E-state index contributed by atoms with van der Waals surface area (Å²) in [6.07, 6.45) is 6.82. The van der Waals surface area contributed by atoms with E-state index in [1.807, 2.05) is 6.20 Å². The van der Waals surface area contributed by atoms with E-state index in [1.165, 1.54) is 32.4 Å². The van der Waals surface area contributed by atoms with Crippen molar-refractivity contribution in [2.24, 2.45) is 0 Å². The molecule has 3 heterocycles. The smallest absolute Gasteiger partial charge is 0.224 e. The summed E-state index contributed by atoms with van der Waals surface area (Å²) < 4.78 is 0.996. The van der Waals surface area contributed by atoms with Gasteiger partial charge in [0.2, 0.25) is 5.95 Å². The molecule has 1 aromatic heterocycles. The summed E-state index contributed by atoms with van der Waals surface area (Å²) in [5, 5.41) is 3.28. The molecular weight excluding hydrogens is 330 g/mol. The Morgan fingerprint density at radius 2 is 2.19 bits per heavy atom. The van der Waals surface area contributed by atoms with E-state index < -0.39 is 0 Å². The van der Waals surface area contributed by atoms with Crippen LogP contribution in [0.1, 0.15) is 32.6 Å². The lowest BCUT2D eigenvalue weighted by Crippen LogP contribution is -2.37. The summed E-state index contributed by atoms with van der Waals surface area (Å²) >= 11 is 3.62. The molecule has 1 atom stereocenters. The largest absolute Gasteiger partial charge is 0.354 e. The van der Waals surface area contributed by atoms with Gasteiger partial charge in [-0.15, -0.1) is 0 Å². The van der Waals surface area contributed by atoms with Gasteiger partial charge < -0.3 is 10.2 Å². The molecule has 2 saturated heterocycles. The van der Waals surface area contributed by atoms with E-state index in [9.17, 15) is 0 Å². The minimum atomic E-state index is 0.696. The molecule has 3 rings (SSSR count). The van der Waals surface area contributed by atoms with Crippen LogP contribution in [0.2, 0.25) is 0 Å². The highest BCUT2D eigenvalue weighted by molar-refractivity contribution is 9.10. The highest BCUT2D eigenvalue weighted by Crippen LogP contribution is 2.29. The van der Waals surface area contributed by atoms with Gasteiger partial charge in [-0.05, 0) is 48.2 Å². The molecule has 0 saturated carbocycles. The number of nitrogens with zero attached hydrogens (tertiary/aromatic N) is 4. The molecule has 1 unspecified atom stereocenters. The topological polar surface area (TPSA) is 44.3 Å². The second-order valence-electron chi connectivity index (χ2n) is 5.92. The Labute approximate surface area is 135 Å². The number of fused-ring (bicyclic) bond motifs is 1. The Kier molecular flexibility index (Phi) is 4.95. The Hall–Kier alpha value is -0.880. The molecule has 0 bridgehead atoms. The first-order valence-corrected chi connectivity index (χ1v) is 8.82. The third kappa shape index (κ3) is 3.48. The maximum Gasteiger partial charge on any atom is 0.224 e. The second kappa shape index (κ2) is 6.92. The van der Waals surface area contributed by atoms with Crippen LogP contribution in [0.15, 0.2) is 10.7 Å². The Morgan fingerprint density at radius 3 is 3.05 bits per heavy atom. The zero-order valence-electron chi connectivity index (χ0n) is 12.7. The zero-order valence-corrected chi connectivity index (χ0v) is 14.3. The summed E-state index contributed by atoms with van der Waals surface area (Å²) in [7, 11) is 0. The van der Waals surface area contributed by atoms with E-state index >= 15 is 0 Å². The standard InChI is InChI=1S/C15H24BrN5/c1-2-6-17-15-18-10-13(16)14(19-15)21-9-4-8-20-7-3-5-12(20)11-21/h10,12H,2-9,11H2,1H3,(H,17,18,19). The van der Waals surface area contributed by atoms with Crippen molar-refractivity contribution in [1.29, 1.82) is 0 Å². The minimum absolute atomic E-state index is 0.696. The quantitative estimate of drug-likeness (QED) is 0.901. The number of aromatic nitrogens is 2. The molecule has 2 fully saturated rings. The molecule has 0 aliphatic carbocycles. The highest BCUT2D eigenvalue weighted by atomic mass is 79.9. The van der Waals surface area contributed by atoms with Gasteiger partial charge in [-0.25, -0.2) is 4.98 Å². The van der Waals surface area contributed by atoms with Gasteiger partial charge in [-0.3, -0.25) is 4.90 Å². The van der Waals surface area contributed by atoms with Crippen LogP contribution in [0.25, 0.3) is 0 Å². The van der Waals surface area contributed by atoms with Crippen molar-refractivity contribution in [2.75, 3.05) is 42.9 Å². The maximum absolute atomic E-state index is 4.73. The molecule has 0 radical (unpaired) electrons. The summed E-state index contributed by atoms with van der Waals surface area (Å²) in [4.78, 5) is 14.2. The van der Waals surface area contributed by atoms with Gasteiger partial charge in [-0.1, -0.05) is 6.92 Å². The van der Waals surface area contributed by atoms with Gasteiger partial charge in [0.05, 0.1) is 4.47 Å². The third-order valence-electron chi connectivity index (χ3n) is 4.36. The summed E-state index contributed by atoms with van der Waals surface area (Å²) in [5.74, 6) is 1.78. The number of nitrogens with one attached hydrogen (secondary N) is 1. The van der Waals surface area contributed by atoms with E-state index in [4.69, 9.17) is 4.98 Å². The Morgan fingerprint density at radius 1 is 1.33 bits per heavy atom. The Balaban J connectivity index is 1.77. The minimum Gasteiger partial charge on any atom is -0.354 e. The first-order valence-electron chi connectivity index (χ1n) is 8.03. The Bertz CT molecular complexity index is 481. The molecule has 21 heavy (non-hydrogen) atoms. The summed E-state index contributed by atoms with van der Waals surface area (Å²) in [5.41, 5.74) is 0. The normalized spacial score (nSPS) is 23.0. The number of hydrogen-bond acceptors (Lipinski definition) is 5. The highest BCUT2D eigenvalue weighted by Gasteiger charge is 2.29. The lowest BCUT2D eigenvalue weighted by molar-refractivity contribution is 0.273. The first-order chi connectivity index (χ1) is 10.3. The van der Waals surface area contributed by atoms with Crippen LogP contribution in [-0.2, 0) is 0 Å². The monoisotopic (exact) mass is 353 g/mol. The molecule has 2 aliphatic heterocycles. The first kappa shape index (κ1) is 15.0. The van der Waals surface area contributed by atoms with Crippen LogP contribution in [0.5, 0.6) is 0 Å². The lowest BCUT2D eigenvalue weighted by Gasteiger charge is -2.27. The van der Waals surface area contributed by atoms with E-state index in [-0.39, 0.29) is 0 Å². The predicted molar refractivity (Wildman–Crippen MR) is 89.9 cm³/mol. The number of hydrogen-bond donors (Lipinski definition) is 1. The number of halogens is 1. The SMILES string of the molecule is CCCNc1ncc(Br)c(N2CCCN3CCCC3C2)n1. The van der Waals surface area contributed by atoms with Crippen molar-refractivity contribution in [1.82, 2.24) is 14.9 Å². The molecule has 0 aromatic carbocycles. The predicted octanol–water partition coefficient (Wildman–Crippen LogP) is 2.74. The zero-order chi connectivity index (χ0) is 14.7. The van der Waals surface area contributed by atoms with Crippen molar-refractivity contribution >= 4 is 27.7 Å². The molecule has 116 valence electrons. The van der Waals surface area contributed by atoms with E-state index in [0.29, 0.717) is 6.04 Å². The lowest BCUT2D eigenvalue weighted by atomic mass is 10.2. The fraction of sp³-hybridized carbons (Fsp3) is 0.733. The molecule has 5 nitrogen and oxygen atoms in total. The molecule has 0 spiro atoms. The van der Waals surface area contributed by atoms with Gasteiger partial charge in [0.25, 0.3) is 0 Å². The van der Waals surface area contributed by atoms with E-state index in [1.54, 1.807) is 0 Å². The van der Waals surface area contributed by atoms with Crippen LogP contribution >= 0.6 is 15.9 Å². The van der Waals surface area contributed by atoms with Crippen molar-refractivity contribution in [3.05, 3.63) is 10.7 Å². The van der Waals surface area contributed by atoms with Crippen molar-refractivity contribution < 1.29 is 0 Å². The molecule has 2 aliphatic rings. The van der Waals surface area contributed by atoms with E-state index in [2.05, 4.69) is 43.0 Å². The van der Waals surface area contributed by atoms with E-state index in [0.717, 1.165) is 42.3 Å². The molecule has 6 heteroatoms. The van der Waals surface area contributed by atoms with Gasteiger partial charge in [0.1, 0.15) is 5.82 Å². The molecule has 0 amide bonds. The molecular formula is C15H24BrN5. The van der Waals surface area contributed by atoms with Crippen molar-refractivity contribution in [3.8, 4) is 0 Å². The summed E-state index contributed by atoms with van der Waals surface area (Å²) in [6.45, 7) is 7.73. The van der Waals surface area contributed by atoms with Crippen LogP contribution in [-0.4, -0.2) is 53.6 Å². The van der Waals surface area contributed by atoms with Crippen LogP contribution in [0.4, 0.5) is 11.8 Å². The van der Waals surface area contributed by atoms with Crippen molar-refractivity contribution in [2.45, 2.75) is 38.6 Å². The summed E-state index contributed by atoms with van der Waals surface area (Å²) in [6, 6.07) is 0.696. The fourth-order valence-electron chi connectivity index (χ4n) is 3.30. The fourth-order valence-corrected chi connectivity index (χ4v) is 3.74. The van der Waals surface area contributed by atoms with Gasteiger partial charge >= 0.3 is 0 Å². The van der Waals surface area contributed by atoms with Crippen LogP contribution in [0.3, 0.4) is 0 Å². The average Bonchev–Trinajstić information content (AvgIpc) is 2.84. The van der Waals surface area contributed by atoms with Gasteiger partial charge in [0, 0.05) is 38.4 Å². The second-order valence-corrected chi connectivity index (χ2v) is 6.78.